The maximum absolute atomic E-state index is 12.7. The smallest absolute Gasteiger partial charge is 0.244 e. The highest BCUT2D eigenvalue weighted by Gasteiger charge is 2.27. The molecule has 2 N–H and O–H groups in total. The van der Waals surface area contributed by atoms with Gasteiger partial charge < -0.3 is 5.73 Å². The number of hydrogen-bond donors (Lipinski definition) is 1. The second kappa shape index (κ2) is 6.86. The summed E-state index contributed by atoms with van der Waals surface area (Å²) in [7, 11) is -1.97. The van der Waals surface area contributed by atoms with Gasteiger partial charge in [0.05, 0.1) is 9.37 Å². The third-order valence-corrected chi connectivity index (χ3v) is 7.17. The van der Waals surface area contributed by atoms with E-state index in [1.54, 1.807) is 7.05 Å². The molecule has 2 rings (SSSR count). The van der Waals surface area contributed by atoms with Gasteiger partial charge in [-0.05, 0) is 46.8 Å². The first-order chi connectivity index (χ1) is 9.82. The van der Waals surface area contributed by atoms with Crippen LogP contribution >= 0.6 is 27.5 Å². The molecule has 1 aromatic carbocycles. The van der Waals surface area contributed by atoms with Crippen molar-refractivity contribution < 1.29 is 8.42 Å². The molecule has 0 unspecified atom stereocenters. The molecule has 21 heavy (non-hydrogen) atoms. The molecule has 0 bridgehead atoms. The summed E-state index contributed by atoms with van der Waals surface area (Å²) in [5, 5.41) is 0.320. The molecule has 1 saturated carbocycles. The second-order valence-corrected chi connectivity index (χ2v) is 8.84. The van der Waals surface area contributed by atoms with Crippen molar-refractivity contribution in [2.75, 3.05) is 19.3 Å². The molecule has 0 saturated heterocycles. The third kappa shape index (κ3) is 3.92. The monoisotopic (exact) mass is 394 g/mol. The van der Waals surface area contributed by atoms with Gasteiger partial charge in [-0.2, -0.15) is 0 Å². The molecule has 1 fully saturated rings. The van der Waals surface area contributed by atoms with Gasteiger partial charge in [0.15, 0.2) is 0 Å². The Hall–Kier alpha value is -0.300. The quantitative estimate of drug-likeness (QED) is 0.787. The zero-order chi connectivity index (χ0) is 15.6. The highest BCUT2D eigenvalue weighted by molar-refractivity contribution is 9.10. The largest absolute Gasteiger partial charge is 0.398 e. The van der Waals surface area contributed by atoms with Crippen molar-refractivity contribution in [3.05, 3.63) is 21.6 Å². The molecular formula is C14H20BrClN2O2S. The first-order valence-corrected chi connectivity index (χ1v) is 9.64. The van der Waals surface area contributed by atoms with E-state index in [1.807, 2.05) is 0 Å². The lowest BCUT2D eigenvalue weighted by Gasteiger charge is -2.27. The predicted molar refractivity (Wildman–Crippen MR) is 90.0 cm³/mol. The fraction of sp³-hybridized carbons (Fsp3) is 0.571. The van der Waals surface area contributed by atoms with Gasteiger partial charge in [0.1, 0.15) is 0 Å². The zero-order valence-corrected chi connectivity index (χ0v) is 15.1. The summed E-state index contributed by atoms with van der Waals surface area (Å²) in [5.41, 5.74) is 6.11. The molecule has 1 aliphatic carbocycles. The van der Waals surface area contributed by atoms with Gasteiger partial charge in [-0.3, -0.25) is 0 Å². The maximum Gasteiger partial charge on any atom is 0.244 e. The molecule has 0 atom stereocenters. The van der Waals surface area contributed by atoms with E-state index in [1.165, 1.54) is 35.7 Å². The molecule has 0 heterocycles. The molecule has 4 nitrogen and oxygen atoms in total. The molecule has 118 valence electrons. The summed E-state index contributed by atoms with van der Waals surface area (Å²) in [5.74, 6) is 0.439. The lowest BCUT2D eigenvalue weighted by atomic mass is 9.89. The fourth-order valence-corrected chi connectivity index (χ4v) is 5.27. The Kier molecular flexibility index (Phi) is 5.57. The van der Waals surface area contributed by atoms with Crippen LogP contribution in [0.25, 0.3) is 0 Å². The average molecular weight is 396 g/mol. The SMILES string of the molecule is CN(CC1CCCCC1)S(=O)(=O)c1cc(Cl)cc(N)c1Br. The van der Waals surface area contributed by atoms with Gasteiger partial charge in [-0.25, -0.2) is 12.7 Å². The van der Waals surface area contributed by atoms with Crippen molar-refractivity contribution in [1.82, 2.24) is 4.31 Å². The van der Waals surface area contributed by atoms with E-state index >= 15 is 0 Å². The van der Waals surface area contributed by atoms with Crippen LogP contribution in [0.15, 0.2) is 21.5 Å². The summed E-state index contributed by atoms with van der Waals surface area (Å²) < 4.78 is 27.2. The molecule has 0 radical (unpaired) electrons. The molecule has 1 aliphatic rings. The van der Waals surface area contributed by atoms with E-state index in [4.69, 9.17) is 17.3 Å². The molecule has 7 heteroatoms. The number of hydrogen-bond acceptors (Lipinski definition) is 3. The standard InChI is InChI=1S/C14H20BrClN2O2S/c1-18(9-10-5-3-2-4-6-10)21(19,20)13-8-11(16)7-12(17)14(13)15/h7-8,10H,2-6,9,17H2,1H3. The van der Waals surface area contributed by atoms with Crippen LogP contribution in [-0.2, 0) is 10.0 Å². The number of nitrogen functional groups attached to an aromatic ring is 1. The van der Waals surface area contributed by atoms with Gasteiger partial charge in [-0.1, -0.05) is 30.9 Å². The lowest BCUT2D eigenvalue weighted by molar-refractivity contribution is 0.300. The van der Waals surface area contributed by atoms with E-state index in [2.05, 4.69) is 15.9 Å². The first kappa shape index (κ1) is 17.1. The average Bonchev–Trinajstić information content (AvgIpc) is 2.43. The van der Waals surface area contributed by atoms with Crippen LogP contribution < -0.4 is 5.73 Å². The Morgan fingerprint density at radius 2 is 1.95 bits per heavy atom. The van der Waals surface area contributed by atoms with Crippen molar-refractivity contribution in [3.8, 4) is 0 Å². The summed E-state index contributed by atoms with van der Waals surface area (Å²) in [6.45, 7) is 0.543. The van der Waals surface area contributed by atoms with Crippen molar-refractivity contribution in [2.45, 2.75) is 37.0 Å². The number of nitrogens with two attached hydrogens (primary N) is 1. The first-order valence-electron chi connectivity index (χ1n) is 7.03. The minimum absolute atomic E-state index is 0.130. The van der Waals surface area contributed by atoms with Crippen LogP contribution in [0.3, 0.4) is 0 Å². The number of halogens is 2. The van der Waals surface area contributed by atoms with Gasteiger partial charge in [0.25, 0.3) is 0 Å². The van der Waals surface area contributed by atoms with Crippen LogP contribution in [0.2, 0.25) is 5.02 Å². The predicted octanol–water partition coefficient (Wildman–Crippen LogP) is 3.89. The minimum atomic E-state index is -3.59. The van der Waals surface area contributed by atoms with Crippen LogP contribution in [0.4, 0.5) is 5.69 Å². The number of sulfonamides is 1. The summed E-state index contributed by atoms with van der Waals surface area (Å²) in [6.07, 6.45) is 5.82. The second-order valence-electron chi connectivity index (χ2n) is 5.60. The van der Waals surface area contributed by atoms with Crippen molar-refractivity contribution >= 4 is 43.2 Å². The number of nitrogens with zero attached hydrogens (tertiary/aromatic N) is 1. The van der Waals surface area contributed by atoms with Gasteiger partial charge in [0.2, 0.25) is 10.0 Å². The normalized spacial score (nSPS) is 17.3. The zero-order valence-electron chi connectivity index (χ0n) is 12.0. The molecule has 0 aromatic heterocycles. The van der Waals surface area contributed by atoms with Gasteiger partial charge in [-0.15, -0.1) is 0 Å². The fourth-order valence-electron chi connectivity index (χ4n) is 2.77. The Morgan fingerprint density at radius 1 is 1.33 bits per heavy atom. The van der Waals surface area contributed by atoms with Crippen LogP contribution in [0.1, 0.15) is 32.1 Å². The summed E-state index contributed by atoms with van der Waals surface area (Å²) >= 11 is 9.20. The Balaban J connectivity index is 2.24. The Labute approximate surface area is 139 Å². The Morgan fingerprint density at radius 3 is 2.57 bits per heavy atom. The van der Waals surface area contributed by atoms with Crippen molar-refractivity contribution in [2.24, 2.45) is 5.92 Å². The van der Waals surface area contributed by atoms with Crippen LogP contribution in [-0.4, -0.2) is 26.3 Å². The van der Waals surface area contributed by atoms with Crippen LogP contribution in [0, 0.1) is 5.92 Å². The van der Waals surface area contributed by atoms with E-state index in [0.29, 0.717) is 27.6 Å². The molecule has 0 spiro atoms. The number of anilines is 1. The Bertz CT molecular complexity index is 616. The highest BCUT2D eigenvalue weighted by atomic mass is 79.9. The molecule has 0 amide bonds. The minimum Gasteiger partial charge on any atom is -0.398 e. The molecule has 0 aliphatic heterocycles. The highest BCUT2D eigenvalue weighted by Crippen LogP contribution is 2.34. The van der Waals surface area contributed by atoms with Crippen LogP contribution in [0.5, 0.6) is 0 Å². The van der Waals surface area contributed by atoms with E-state index in [9.17, 15) is 8.42 Å². The van der Waals surface area contributed by atoms with E-state index in [0.717, 1.165) is 12.8 Å². The third-order valence-electron chi connectivity index (χ3n) is 3.96. The number of benzene rings is 1. The van der Waals surface area contributed by atoms with Gasteiger partial charge in [0, 0.05) is 24.3 Å². The van der Waals surface area contributed by atoms with E-state index < -0.39 is 10.0 Å². The molecular weight excluding hydrogens is 376 g/mol. The van der Waals surface area contributed by atoms with Crippen molar-refractivity contribution in [1.29, 1.82) is 0 Å². The topological polar surface area (TPSA) is 63.4 Å². The van der Waals surface area contributed by atoms with Crippen molar-refractivity contribution in [3.63, 3.8) is 0 Å². The maximum atomic E-state index is 12.7. The lowest BCUT2D eigenvalue weighted by Crippen LogP contribution is -2.33. The molecule has 1 aromatic rings. The summed E-state index contributed by atoms with van der Waals surface area (Å²) in [6, 6.07) is 2.97. The number of rotatable bonds is 4. The summed E-state index contributed by atoms with van der Waals surface area (Å²) in [4.78, 5) is 0.130. The van der Waals surface area contributed by atoms with E-state index in [-0.39, 0.29) is 4.90 Å². The van der Waals surface area contributed by atoms with Gasteiger partial charge >= 0.3 is 0 Å².